The molecule has 0 heterocycles. The highest BCUT2D eigenvalue weighted by Gasteiger charge is 2.42. The van der Waals surface area contributed by atoms with Crippen molar-refractivity contribution >= 4 is 35.2 Å². The van der Waals surface area contributed by atoms with Gasteiger partial charge in [0, 0.05) is 6.04 Å². The van der Waals surface area contributed by atoms with Gasteiger partial charge in [0.15, 0.2) is 0 Å². The number of rotatable bonds is 9. The quantitative estimate of drug-likeness (QED) is 0.332. The minimum Gasteiger partial charge on any atom is -0.444 e. The minimum absolute atomic E-state index is 0.117. The Morgan fingerprint density at radius 2 is 1.73 bits per heavy atom. The Kier molecular flexibility index (Phi) is 10.3. The molecule has 2 unspecified atom stereocenters. The molecule has 2 aromatic rings. The zero-order chi connectivity index (χ0) is 29.8. The lowest BCUT2D eigenvalue weighted by Gasteiger charge is -2.44. The summed E-state index contributed by atoms with van der Waals surface area (Å²) in [4.78, 5) is 43.2. The lowest BCUT2D eigenvalue weighted by atomic mass is 9.86. The number of hydrogen-bond donors (Lipinski definition) is 2. The highest BCUT2D eigenvalue weighted by atomic mass is 35.5. The average Bonchev–Trinajstić information content (AvgIpc) is 2.79. The third kappa shape index (κ3) is 8.00. The highest BCUT2D eigenvalue weighted by molar-refractivity contribution is 6.34. The second kappa shape index (κ2) is 13.1. The van der Waals surface area contributed by atoms with Crippen molar-refractivity contribution in [3.05, 3.63) is 63.7 Å². The predicted octanol–water partition coefficient (Wildman–Crippen LogP) is 7.27. The van der Waals surface area contributed by atoms with Crippen molar-refractivity contribution in [1.29, 1.82) is 0 Å². The normalized spacial score (nSPS) is 15.2. The SMILES string of the molecule is Cc1ccc(C)c(C(C(=O)Nc2c(C)cccc2Cl)N(C(=O)C(CC(C)C)NC(=O)OC(C)(C)C)C2CCC2)c1. The van der Waals surface area contributed by atoms with E-state index in [9.17, 15) is 14.4 Å². The molecule has 40 heavy (non-hydrogen) atoms. The first-order chi connectivity index (χ1) is 18.7. The summed E-state index contributed by atoms with van der Waals surface area (Å²) in [6.07, 6.45) is 2.29. The molecule has 2 aromatic carbocycles. The molecule has 8 heteroatoms. The van der Waals surface area contributed by atoms with Crippen molar-refractivity contribution < 1.29 is 19.1 Å². The molecule has 7 nitrogen and oxygen atoms in total. The summed E-state index contributed by atoms with van der Waals surface area (Å²) >= 11 is 6.49. The van der Waals surface area contributed by atoms with Crippen molar-refractivity contribution in [2.75, 3.05) is 5.32 Å². The molecule has 218 valence electrons. The van der Waals surface area contributed by atoms with E-state index in [4.69, 9.17) is 16.3 Å². The van der Waals surface area contributed by atoms with Gasteiger partial charge in [0.2, 0.25) is 5.91 Å². The van der Waals surface area contributed by atoms with Gasteiger partial charge >= 0.3 is 6.09 Å². The zero-order valence-electron chi connectivity index (χ0n) is 25.1. The largest absolute Gasteiger partial charge is 0.444 e. The van der Waals surface area contributed by atoms with Crippen LogP contribution in [0.1, 0.15) is 88.6 Å². The van der Waals surface area contributed by atoms with E-state index in [2.05, 4.69) is 10.6 Å². The van der Waals surface area contributed by atoms with E-state index in [1.165, 1.54) is 0 Å². The summed E-state index contributed by atoms with van der Waals surface area (Å²) < 4.78 is 5.50. The first kappa shape index (κ1) is 31.5. The molecular weight excluding hydrogens is 526 g/mol. The Balaban J connectivity index is 2.10. The van der Waals surface area contributed by atoms with Crippen LogP contribution in [0.3, 0.4) is 0 Å². The molecular formula is C32H44ClN3O4. The van der Waals surface area contributed by atoms with Crippen LogP contribution in [0, 0.1) is 26.7 Å². The van der Waals surface area contributed by atoms with Crippen molar-refractivity contribution in [1.82, 2.24) is 10.2 Å². The van der Waals surface area contributed by atoms with Crippen LogP contribution in [0.2, 0.25) is 5.02 Å². The van der Waals surface area contributed by atoms with Gasteiger partial charge in [-0.25, -0.2) is 4.79 Å². The third-order valence-electron chi connectivity index (χ3n) is 7.14. The number of para-hydroxylation sites is 1. The van der Waals surface area contributed by atoms with E-state index in [1.807, 2.05) is 65.0 Å². The minimum atomic E-state index is -0.913. The topological polar surface area (TPSA) is 87.7 Å². The van der Waals surface area contributed by atoms with Crippen LogP contribution in [0.25, 0.3) is 0 Å². The fraction of sp³-hybridized carbons (Fsp3) is 0.531. The summed E-state index contributed by atoms with van der Waals surface area (Å²) in [5.41, 5.74) is 3.28. The maximum atomic E-state index is 14.5. The van der Waals surface area contributed by atoms with Crippen molar-refractivity contribution in [2.24, 2.45) is 5.92 Å². The van der Waals surface area contributed by atoms with E-state index >= 15 is 0 Å². The third-order valence-corrected chi connectivity index (χ3v) is 7.46. The van der Waals surface area contributed by atoms with Crippen LogP contribution in [-0.4, -0.2) is 40.5 Å². The molecule has 1 aliphatic carbocycles. The second-order valence-corrected chi connectivity index (χ2v) is 12.7. The number of halogens is 1. The van der Waals surface area contributed by atoms with Gasteiger partial charge in [-0.05, 0) is 95.9 Å². The molecule has 0 aliphatic heterocycles. The molecule has 3 amide bonds. The monoisotopic (exact) mass is 569 g/mol. The van der Waals surface area contributed by atoms with E-state index in [0.717, 1.165) is 41.5 Å². The van der Waals surface area contributed by atoms with Crippen LogP contribution in [0.5, 0.6) is 0 Å². The number of anilines is 1. The highest BCUT2D eigenvalue weighted by Crippen LogP contribution is 2.37. The van der Waals surface area contributed by atoms with Crippen molar-refractivity contribution in [3.8, 4) is 0 Å². The fourth-order valence-corrected chi connectivity index (χ4v) is 5.23. The molecule has 0 saturated heterocycles. The molecule has 2 atom stereocenters. The van der Waals surface area contributed by atoms with Crippen LogP contribution in [0.4, 0.5) is 10.5 Å². The Morgan fingerprint density at radius 3 is 2.27 bits per heavy atom. The van der Waals surface area contributed by atoms with Gasteiger partial charge in [-0.3, -0.25) is 9.59 Å². The summed E-state index contributed by atoms with van der Waals surface area (Å²) in [5, 5.41) is 6.29. The molecule has 0 aromatic heterocycles. The first-order valence-electron chi connectivity index (χ1n) is 14.1. The van der Waals surface area contributed by atoms with Crippen LogP contribution in [-0.2, 0) is 14.3 Å². The van der Waals surface area contributed by atoms with Gasteiger partial charge in [0.05, 0.1) is 10.7 Å². The number of nitrogens with one attached hydrogen (secondary N) is 2. The van der Waals surface area contributed by atoms with Gasteiger partial charge in [-0.1, -0.05) is 61.3 Å². The number of nitrogens with zero attached hydrogens (tertiary/aromatic N) is 1. The van der Waals surface area contributed by atoms with Crippen LogP contribution in [0.15, 0.2) is 36.4 Å². The molecule has 1 saturated carbocycles. The van der Waals surface area contributed by atoms with Crippen LogP contribution < -0.4 is 10.6 Å². The lowest BCUT2D eigenvalue weighted by molar-refractivity contribution is -0.146. The number of benzene rings is 2. The van der Waals surface area contributed by atoms with E-state index in [0.29, 0.717) is 17.1 Å². The Hall–Kier alpha value is -3.06. The number of aryl methyl sites for hydroxylation is 3. The van der Waals surface area contributed by atoms with Gasteiger partial charge < -0.3 is 20.3 Å². The van der Waals surface area contributed by atoms with Crippen molar-refractivity contribution in [3.63, 3.8) is 0 Å². The van der Waals surface area contributed by atoms with E-state index < -0.39 is 23.8 Å². The Morgan fingerprint density at radius 1 is 1.05 bits per heavy atom. The number of amides is 3. The molecule has 3 rings (SSSR count). The Labute approximate surface area is 244 Å². The van der Waals surface area contributed by atoms with Crippen LogP contribution >= 0.6 is 11.6 Å². The molecule has 2 N–H and O–H groups in total. The van der Waals surface area contributed by atoms with Gasteiger partial charge in [0.25, 0.3) is 5.91 Å². The smallest absolute Gasteiger partial charge is 0.408 e. The van der Waals surface area contributed by atoms with Gasteiger partial charge in [-0.15, -0.1) is 0 Å². The zero-order valence-corrected chi connectivity index (χ0v) is 25.8. The summed E-state index contributed by atoms with van der Waals surface area (Å²) in [7, 11) is 0. The maximum Gasteiger partial charge on any atom is 0.408 e. The van der Waals surface area contributed by atoms with Crippen molar-refractivity contribution in [2.45, 2.75) is 105 Å². The predicted molar refractivity (Wildman–Crippen MR) is 161 cm³/mol. The summed E-state index contributed by atoms with van der Waals surface area (Å²) in [6, 6.07) is 9.48. The van der Waals surface area contributed by atoms with E-state index in [1.54, 1.807) is 31.7 Å². The molecule has 0 bridgehead atoms. The van der Waals surface area contributed by atoms with E-state index in [-0.39, 0.29) is 23.8 Å². The Bertz CT molecular complexity index is 1210. The maximum absolute atomic E-state index is 14.5. The lowest BCUT2D eigenvalue weighted by Crippen LogP contribution is -2.57. The summed E-state index contributed by atoms with van der Waals surface area (Å²) in [5.74, 6) is -0.516. The number of carbonyl (C=O) groups excluding carboxylic acids is 3. The molecule has 0 radical (unpaired) electrons. The average molecular weight is 570 g/mol. The standard InChI is InChI=1S/C32H44ClN3O4/c1-19(2)17-26(34-31(39)40-32(6,7)8)30(38)36(23-12-10-13-23)28(24-18-20(3)15-16-21(24)4)29(37)35-27-22(5)11-9-14-25(27)33/h9,11,14-16,18-19,23,26,28H,10,12-13,17H2,1-8H3,(H,34,39)(H,35,37). The molecule has 1 fully saturated rings. The number of carbonyl (C=O) groups is 3. The number of ether oxygens (including phenoxy) is 1. The number of hydrogen-bond acceptors (Lipinski definition) is 4. The first-order valence-corrected chi connectivity index (χ1v) is 14.5. The molecule has 0 spiro atoms. The van der Waals surface area contributed by atoms with Gasteiger partial charge in [0.1, 0.15) is 17.7 Å². The number of alkyl carbamates (subject to hydrolysis) is 1. The molecule has 1 aliphatic rings. The van der Waals surface area contributed by atoms with Gasteiger partial charge in [-0.2, -0.15) is 0 Å². The summed E-state index contributed by atoms with van der Waals surface area (Å²) in [6.45, 7) is 15.1. The second-order valence-electron chi connectivity index (χ2n) is 12.3. The fourth-order valence-electron chi connectivity index (χ4n) is 4.96.